The number of fused-ring (bicyclic) bond motifs is 1. The van der Waals surface area contributed by atoms with E-state index in [1.54, 1.807) is 6.20 Å². The van der Waals surface area contributed by atoms with Gasteiger partial charge in [-0.3, -0.25) is 4.98 Å². The second-order valence-electron chi connectivity index (χ2n) is 7.19. The molecular weight excluding hydrogens is 368 g/mol. The first-order valence-electron chi connectivity index (χ1n) is 9.88. The fourth-order valence-electron chi connectivity index (χ4n) is 3.86. The number of anilines is 1. The van der Waals surface area contributed by atoms with Crippen LogP contribution >= 0.6 is 0 Å². The van der Waals surface area contributed by atoms with E-state index in [0.717, 1.165) is 33.5 Å². The topological polar surface area (TPSA) is 64.7 Å². The molecule has 2 aromatic heterocycles. The summed E-state index contributed by atoms with van der Waals surface area (Å²) >= 11 is 0. The fourth-order valence-corrected chi connectivity index (χ4v) is 3.86. The molecule has 0 unspecified atom stereocenters. The van der Waals surface area contributed by atoms with E-state index in [2.05, 4.69) is 70.6 Å². The highest BCUT2D eigenvalue weighted by molar-refractivity contribution is 5.97. The molecule has 0 bridgehead atoms. The largest absolute Gasteiger partial charge is 0.368 e. The Morgan fingerprint density at radius 3 is 2.30 bits per heavy atom. The molecule has 0 radical (unpaired) electrons. The number of hydrogen-bond donors (Lipinski definition) is 1. The van der Waals surface area contributed by atoms with Crippen molar-refractivity contribution in [2.75, 3.05) is 5.73 Å². The van der Waals surface area contributed by atoms with Crippen LogP contribution in [0, 0.1) is 0 Å². The fraction of sp³-hybridized carbons (Fsp3) is 0.0385. The zero-order valence-electron chi connectivity index (χ0n) is 16.4. The third-order valence-electron chi connectivity index (χ3n) is 5.23. The van der Waals surface area contributed by atoms with Crippen molar-refractivity contribution in [1.82, 2.24) is 15.0 Å². The van der Waals surface area contributed by atoms with Gasteiger partial charge >= 0.3 is 0 Å². The summed E-state index contributed by atoms with van der Waals surface area (Å²) in [6.45, 7) is 0. The van der Waals surface area contributed by atoms with Crippen molar-refractivity contribution in [1.29, 1.82) is 0 Å². The lowest BCUT2D eigenvalue weighted by molar-refractivity contribution is 1.09. The van der Waals surface area contributed by atoms with Crippen molar-refractivity contribution >= 4 is 16.7 Å². The Balaban J connectivity index is 1.81. The van der Waals surface area contributed by atoms with Gasteiger partial charge < -0.3 is 5.73 Å². The van der Waals surface area contributed by atoms with Gasteiger partial charge in [-0.1, -0.05) is 72.8 Å². The molecule has 0 saturated heterocycles. The van der Waals surface area contributed by atoms with Crippen molar-refractivity contribution < 1.29 is 0 Å². The van der Waals surface area contributed by atoms with E-state index >= 15 is 0 Å². The lowest BCUT2D eigenvalue weighted by atomic mass is 9.93. The van der Waals surface area contributed by atoms with Gasteiger partial charge in [0.25, 0.3) is 0 Å². The molecule has 0 aliphatic heterocycles. The number of nitrogens with zero attached hydrogens (tertiary/aromatic N) is 3. The first-order chi connectivity index (χ1) is 14.8. The predicted octanol–water partition coefficient (Wildman–Crippen LogP) is 5.53. The number of hydrogen-bond acceptors (Lipinski definition) is 4. The Hall–Kier alpha value is -4.05. The molecule has 5 aromatic rings. The molecular formula is C26H20N4. The van der Waals surface area contributed by atoms with Gasteiger partial charge in [0, 0.05) is 35.5 Å². The van der Waals surface area contributed by atoms with E-state index in [1.807, 2.05) is 30.5 Å². The van der Waals surface area contributed by atoms with Crippen LogP contribution in [-0.2, 0) is 6.42 Å². The molecule has 4 heteroatoms. The smallest absolute Gasteiger partial charge is 0.221 e. The maximum Gasteiger partial charge on any atom is 0.221 e. The van der Waals surface area contributed by atoms with E-state index in [9.17, 15) is 0 Å². The summed E-state index contributed by atoms with van der Waals surface area (Å²) in [5.41, 5.74) is 12.1. The number of nitrogens with two attached hydrogens (primary N) is 1. The van der Waals surface area contributed by atoms with Gasteiger partial charge in [-0.05, 0) is 28.5 Å². The highest BCUT2D eigenvalue weighted by atomic mass is 15.0. The number of pyridine rings is 1. The summed E-state index contributed by atoms with van der Waals surface area (Å²) in [6, 6.07) is 28.9. The van der Waals surface area contributed by atoms with Crippen molar-refractivity contribution in [2.45, 2.75) is 6.42 Å². The van der Waals surface area contributed by atoms with Crippen molar-refractivity contribution in [2.24, 2.45) is 0 Å². The minimum absolute atomic E-state index is 0.258. The van der Waals surface area contributed by atoms with Crippen LogP contribution in [0.15, 0.2) is 97.3 Å². The Labute approximate surface area is 175 Å². The second-order valence-corrected chi connectivity index (χ2v) is 7.19. The predicted molar refractivity (Wildman–Crippen MR) is 122 cm³/mol. The molecule has 0 aliphatic rings. The molecule has 0 saturated carbocycles. The van der Waals surface area contributed by atoms with Crippen LogP contribution in [0.5, 0.6) is 0 Å². The Morgan fingerprint density at radius 1 is 0.700 bits per heavy atom. The average molecular weight is 388 g/mol. The summed E-state index contributed by atoms with van der Waals surface area (Å²) < 4.78 is 0. The molecule has 0 fully saturated rings. The summed E-state index contributed by atoms with van der Waals surface area (Å²) in [6.07, 6.45) is 4.28. The van der Waals surface area contributed by atoms with Crippen molar-refractivity contribution in [3.05, 3.63) is 108 Å². The lowest BCUT2D eigenvalue weighted by Crippen LogP contribution is -2.06. The second kappa shape index (κ2) is 7.76. The number of rotatable bonds is 4. The average Bonchev–Trinajstić information content (AvgIpc) is 2.81. The van der Waals surface area contributed by atoms with Gasteiger partial charge in [-0.15, -0.1) is 0 Å². The molecule has 0 atom stereocenters. The van der Waals surface area contributed by atoms with Gasteiger partial charge in [0.2, 0.25) is 5.95 Å². The third kappa shape index (κ3) is 3.40. The quantitative estimate of drug-likeness (QED) is 0.439. The van der Waals surface area contributed by atoms with Crippen LogP contribution in [0.3, 0.4) is 0 Å². The third-order valence-corrected chi connectivity index (χ3v) is 5.23. The molecule has 2 heterocycles. The Kier molecular flexibility index (Phi) is 4.66. The molecule has 0 aliphatic carbocycles. The van der Waals surface area contributed by atoms with Crippen LogP contribution in [0.1, 0.15) is 11.1 Å². The first kappa shape index (κ1) is 18.0. The number of aromatic nitrogens is 3. The van der Waals surface area contributed by atoms with Gasteiger partial charge in [0.1, 0.15) is 0 Å². The standard InChI is InChI=1S/C26H20N4/c27-26-29-24(20-12-7-15-28-17-20)23(16-18-8-2-1-3-9-18)25(30-26)22-14-6-11-19-10-4-5-13-21(19)22/h1-15,17H,16H2,(H2,27,29,30). The van der Waals surface area contributed by atoms with Crippen LogP contribution in [0.4, 0.5) is 5.95 Å². The molecule has 144 valence electrons. The van der Waals surface area contributed by atoms with E-state index in [-0.39, 0.29) is 5.95 Å². The zero-order valence-corrected chi connectivity index (χ0v) is 16.4. The van der Waals surface area contributed by atoms with Gasteiger partial charge in [0.05, 0.1) is 11.4 Å². The van der Waals surface area contributed by atoms with Gasteiger partial charge in [0.15, 0.2) is 0 Å². The molecule has 2 N–H and O–H groups in total. The van der Waals surface area contributed by atoms with E-state index in [1.165, 1.54) is 10.9 Å². The highest BCUT2D eigenvalue weighted by Gasteiger charge is 2.18. The summed E-state index contributed by atoms with van der Waals surface area (Å²) in [4.78, 5) is 13.6. The van der Waals surface area contributed by atoms with Crippen LogP contribution in [0.2, 0.25) is 0 Å². The molecule has 0 amide bonds. The SMILES string of the molecule is Nc1nc(-c2cccnc2)c(Cc2ccccc2)c(-c2cccc3ccccc23)n1. The summed E-state index contributed by atoms with van der Waals surface area (Å²) in [7, 11) is 0. The molecule has 5 rings (SSSR count). The monoisotopic (exact) mass is 388 g/mol. The van der Waals surface area contributed by atoms with Crippen LogP contribution in [-0.4, -0.2) is 15.0 Å². The lowest BCUT2D eigenvalue weighted by Gasteiger charge is -2.16. The number of benzene rings is 3. The molecule has 0 spiro atoms. The Morgan fingerprint density at radius 2 is 1.47 bits per heavy atom. The maximum atomic E-state index is 6.20. The summed E-state index contributed by atoms with van der Waals surface area (Å²) in [5, 5.41) is 2.31. The molecule has 3 aromatic carbocycles. The normalized spacial score (nSPS) is 10.9. The van der Waals surface area contributed by atoms with Gasteiger partial charge in [-0.2, -0.15) is 0 Å². The highest BCUT2D eigenvalue weighted by Crippen LogP contribution is 2.35. The maximum absolute atomic E-state index is 6.20. The van der Waals surface area contributed by atoms with E-state index in [0.29, 0.717) is 6.42 Å². The van der Waals surface area contributed by atoms with E-state index in [4.69, 9.17) is 10.7 Å². The minimum Gasteiger partial charge on any atom is -0.368 e. The number of nitrogen functional groups attached to an aromatic ring is 1. The molecule has 4 nitrogen and oxygen atoms in total. The van der Waals surface area contributed by atoms with Crippen molar-refractivity contribution in [3.63, 3.8) is 0 Å². The Bertz CT molecular complexity index is 1310. The van der Waals surface area contributed by atoms with Crippen LogP contribution in [0.25, 0.3) is 33.3 Å². The summed E-state index contributed by atoms with van der Waals surface area (Å²) in [5.74, 6) is 0.258. The van der Waals surface area contributed by atoms with Crippen LogP contribution < -0.4 is 5.73 Å². The molecule has 30 heavy (non-hydrogen) atoms. The van der Waals surface area contributed by atoms with Crippen molar-refractivity contribution in [3.8, 4) is 22.5 Å². The van der Waals surface area contributed by atoms with E-state index < -0.39 is 0 Å². The van der Waals surface area contributed by atoms with Gasteiger partial charge in [-0.25, -0.2) is 9.97 Å². The minimum atomic E-state index is 0.258. The zero-order chi connectivity index (χ0) is 20.3. The first-order valence-corrected chi connectivity index (χ1v) is 9.88.